The van der Waals surface area contributed by atoms with Crippen molar-refractivity contribution >= 4 is 11.8 Å². The maximum absolute atomic E-state index is 13.6. The van der Waals surface area contributed by atoms with Crippen LogP contribution in [0.1, 0.15) is 12.8 Å². The first-order valence-electron chi connectivity index (χ1n) is 5.93. The van der Waals surface area contributed by atoms with Gasteiger partial charge in [-0.3, -0.25) is 0 Å². The highest BCUT2D eigenvalue weighted by Gasteiger charge is 2.41. The maximum atomic E-state index is 13.6. The summed E-state index contributed by atoms with van der Waals surface area (Å²) >= 11 is 0. The molecule has 1 aliphatic rings. The number of aromatic nitrogens is 2. The second-order valence-electron chi connectivity index (χ2n) is 4.42. The van der Waals surface area contributed by atoms with Gasteiger partial charge in [-0.2, -0.15) is 18.2 Å². The van der Waals surface area contributed by atoms with E-state index in [1.165, 1.54) is 4.90 Å². The van der Waals surface area contributed by atoms with Gasteiger partial charge in [-0.15, -0.1) is 0 Å². The molecule has 0 bridgehead atoms. The molecule has 2 heterocycles. The number of rotatable bonds is 2. The highest BCUT2D eigenvalue weighted by Crippen LogP contribution is 2.35. The number of nitrogens with one attached hydrogen (secondary N) is 1. The van der Waals surface area contributed by atoms with Crippen LogP contribution in [0, 0.1) is 11.7 Å². The number of alkyl halides is 3. The van der Waals surface area contributed by atoms with Crippen molar-refractivity contribution in [3.63, 3.8) is 0 Å². The molecule has 0 saturated carbocycles. The Bertz CT molecular complexity index is 441. The zero-order chi connectivity index (χ0) is 14.0. The Morgan fingerprint density at radius 1 is 1.32 bits per heavy atom. The molecule has 1 aromatic heterocycles. The molecule has 0 aliphatic carbocycles. The average Bonchev–Trinajstić information content (AvgIpc) is 2.38. The van der Waals surface area contributed by atoms with Gasteiger partial charge in [-0.1, -0.05) is 0 Å². The van der Waals surface area contributed by atoms with Crippen LogP contribution in [0.15, 0.2) is 6.20 Å². The third-order valence-electron chi connectivity index (χ3n) is 3.21. The van der Waals surface area contributed by atoms with Crippen LogP contribution < -0.4 is 10.2 Å². The van der Waals surface area contributed by atoms with Crippen molar-refractivity contribution in [2.24, 2.45) is 5.92 Å². The standard InChI is InChI=1S/C11H14F4N4/c1-16-10-17-6-8(12)9(18-10)19-4-2-7(3-5-19)11(13,14)15/h6-7H,2-5H2,1H3,(H,16,17,18). The van der Waals surface area contributed by atoms with Crippen LogP contribution in [0.5, 0.6) is 0 Å². The largest absolute Gasteiger partial charge is 0.391 e. The van der Waals surface area contributed by atoms with Crippen molar-refractivity contribution in [2.45, 2.75) is 19.0 Å². The van der Waals surface area contributed by atoms with Gasteiger partial charge >= 0.3 is 6.18 Å². The van der Waals surface area contributed by atoms with Crippen LogP contribution in [0.25, 0.3) is 0 Å². The fraction of sp³-hybridized carbons (Fsp3) is 0.636. The Morgan fingerprint density at radius 3 is 2.47 bits per heavy atom. The Labute approximate surface area is 107 Å². The molecule has 1 aromatic rings. The molecule has 1 fully saturated rings. The Hall–Kier alpha value is -1.60. The van der Waals surface area contributed by atoms with Crippen molar-refractivity contribution < 1.29 is 17.6 Å². The molecule has 106 valence electrons. The molecule has 0 spiro atoms. The van der Waals surface area contributed by atoms with Crippen LogP contribution >= 0.6 is 0 Å². The van der Waals surface area contributed by atoms with E-state index < -0.39 is 17.9 Å². The first-order chi connectivity index (χ1) is 8.91. The number of hydrogen-bond acceptors (Lipinski definition) is 4. The average molecular weight is 278 g/mol. The number of halogens is 4. The van der Waals surface area contributed by atoms with Crippen molar-refractivity contribution in [1.29, 1.82) is 0 Å². The molecule has 0 unspecified atom stereocenters. The van der Waals surface area contributed by atoms with Gasteiger partial charge in [0.1, 0.15) is 0 Å². The minimum Gasteiger partial charge on any atom is -0.357 e. The van der Waals surface area contributed by atoms with Crippen molar-refractivity contribution in [1.82, 2.24) is 9.97 Å². The Morgan fingerprint density at radius 2 is 1.95 bits per heavy atom. The summed E-state index contributed by atoms with van der Waals surface area (Å²) in [5.74, 6) is -1.63. The fourth-order valence-electron chi connectivity index (χ4n) is 2.12. The molecule has 1 saturated heterocycles. The highest BCUT2D eigenvalue weighted by molar-refractivity contribution is 5.44. The summed E-state index contributed by atoms with van der Waals surface area (Å²) in [6.45, 7) is 0.280. The predicted molar refractivity (Wildman–Crippen MR) is 62.5 cm³/mol. The summed E-state index contributed by atoms with van der Waals surface area (Å²) < 4.78 is 51.2. The van der Waals surface area contributed by atoms with Crippen LogP contribution in [-0.2, 0) is 0 Å². The van der Waals surface area contributed by atoms with E-state index in [1.54, 1.807) is 7.05 Å². The predicted octanol–water partition coefficient (Wildman–Crippen LogP) is 2.44. The van der Waals surface area contributed by atoms with E-state index in [2.05, 4.69) is 15.3 Å². The molecular weight excluding hydrogens is 264 g/mol. The molecule has 2 rings (SSSR count). The lowest BCUT2D eigenvalue weighted by Gasteiger charge is -2.33. The molecule has 0 radical (unpaired) electrons. The second kappa shape index (κ2) is 5.18. The second-order valence-corrected chi connectivity index (χ2v) is 4.42. The molecule has 8 heteroatoms. The maximum Gasteiger partial charge on any atom is 0.391 e. The zero-order valence-electron chi connectivity index (χ0n) is 10.3. The van der Waals surface area contributed by atoms with Crippen LogP contribution in [0.4, 0.5) is 29.3 Å². The summed E-state index contributed by atoms with van der Waals surface area (Å²) in [7, 11) is 1.59. The molecule has 1 aliphatic heterocycles. The first kappa shape index (κ1) is 13.8. The normalized spacial score (nSPS) is 17.6. The van der Waals surface area contributed by atoms with Gasteiger partial charge < -0.3 is 10.2 Å². The van der Waals surface area contributed by atoms with Crippen LogP contribution in [0.3, 0.4) is 0 Å². The van der Waals surface area contributed by atoms with Gasteiger partial charge in [-0.05, 0) is 12.8 Å². The van der Waals surface area contributed by atoms with Gasteiger partial charge in [0.15, 0.2) is 11.6 Å². The Kier molecular flexibility index (Phi) is 3.77. The third kappa shape index (κ3) is 3.05. The monoisotopic (exact) mass is 278 g/mol. The summed E-state index contributed by atoms with van der Waals surface area (Å²) in [6, 6.07) is 0. The Balaban J connectivity index is 2.09. The van der Waals surface area contributed by atoms with E-state index in [0.29, 0.717) is 0 Å². The molecule has 0 aromatic carbocycles. The smallest absolute Gasteiger partial charge is 0.357 e. The highest BCUT2D eigenvalue weighted by atomic mass is 19.4. The van der Waals surface area contributed by atoms with E-state index in [0.717, 1.165) is 6.20 Å². The number of hydrogen-bond donors (Lipinski definition) is 1. The third-order valence-corrected chi connectivity index (χ3v) is 3.21. The van der Waals surface area contributed by atoms with Gasteiger partial charge in [0.05, 0.1) is 12.1 Å². The van der Waals surface area contributed by atoms with Gasteiger partial charge in [0.25, 0.3) is 0 Å². The lowest BCUT2D eigenvalue weighted by molar-refractivity contribution is -0.179. The fourth-order valence-corrected chi connectivity index (χ4v) is 2.12. The van der Waals surface area contributed by atoms with Crippen LogP contribution in [0.2, 0.25) is 0 Å². The quantitative estimate of drug-likeness (QED) is 0.844. The van der Waals surface area contributed by atoms with E-state index >= 15 is 0 Å². The summed E-state index contributed by atoms with van der Waals surface area (Å²) in [6.07, 6.45) is -3.24. The number of piperidine rings is 1. The molecular formula is C11H14F4N4. The summed E-state index contributed by atoms with van der Waals surface area (Å²) in [5.41, 5.74) is 0. The van der Waals surface area contributed by atoms with Crippen molar-refractivity contribution in [3.05, 3.63) is 12.0 Å². The lowest BCUT2D eigenvalue weighted by Crippen LogP contribution is -2.39. The molecule has 4 nitrogen and oxygen atoms in total. The SMILES string of the molecule is CNc1ncc(F)c(N2CCC(C(F)(F)F)CC2)n1. The molecule has 19 heavy (non-hydrogen) atoms. The lowest BCUT2D eigenvalue weighted by atomic mass is 9.96. The van der Waals surface area contributed by atoms with Crippen molar-refractivity contribution in [2.75, 3.05) is 30.4 Å². The van der Waals surface area contributed by atoms with E-state index in [9.17, 15) is 17.6 Å². The minimum atomic E-state index is -4.17. The van der Waals surface area contributed by atoms with E-state index in [1.807, 2.05) is 0 Å². The van der Waals surface area contributed by atoms with Crippen LogP contribution in [-0.4, -0.2) is 36.3 Å². The topological polar surface area (TPSA) is 41.1 Å². The molecule has 0 atom stereocenters. The zero-order valence-corrected chi connectivity index (χ0v) is 10.3. The van der Waals surface area contributed by atoms with E-state index in [-0.39, 0.29) is 37.7 Å². The van der Waals surface area contributed by atoms with Gasteiger partial charge in [-0.25, -0.2) is 9.37 Å². The van der Waals surface area contributed by atoms with Crippen molar-refractivity contribution in [3.8, 4) is 0 Å². The first-order valence-corrected chi connectivity index (χ1v) is 5.93. The molecule has 1 N–H and O–H groups in total. The van der Waals surface area contributed by atoms with Gasteiger partial charge in [0, 0.05) is 20.1 Å². The minimum absolute atomic E-state index is 0.0399. The summed E-state index contributed by atoms with van der Waals surface area (Å²) in [4.78, 5) is 9.18. The number of anilines is 2. The number of nitrogens with zero attached hydrogens (tertiary/aromatic N) is 3. The summed E-state index contributed by atoms with van der Waals surface area (Å²) in [5, 5.41) is 2.67. The van der Waals surface area contributed by atoms with Gasteiger partial charge in [0.2, 0.25) is 5.95 Å². The molecule has 0 amide bonds. The van der Waals surface area contributed by atoms with E-state index in [4.69, 9.17) is 0 Å².